The first-order chi connectivity index (χ1) is 7.77. The molecular weight excluding hydrogens is 198 g/mol. The topological polar surface area (TPSA) is 21.3 Å². The van der Waals surface area contributed by atoms with Gasteiger partial charge in [-0.25, -0.2) is 0 Å². The summed E-state index contributed by atoms with van der Waals surface area (Å²) in [7, 11) is 0. The van der Waals surface area contributed by atoms with Crippen molar-refractivity contribution in [1.82, 2.24) is 5.32 Å². The van der Waals surface area contributed by atoms with Crippen molar-refractivity contribution in [3.05, 3.63) is 0 Å². The van der Waals surface area contributed by atoms with Gasteiger partial charge in [-0.1, -0.05) is 51.9 Å². The second-order valence-electron chi connectivity index (χ2n) is 5.46. The molecule has 1 aliphatic rings. The molecule has 0 atom stereocenters. The molecule has 0 aromatic rings. The van der Waals surface area contributed by atoms with Crippen LogP contribution in [0.1, 0.15) is 65.2 Å². The lowest BCUT2D eigenvalue weighted by molar-refractivity contribution is -0.0639. The summed E-state index contributed by atoms with van der Waals surface area (Å²) >= 11 is 0. The summed E-state index contributed by atoms with van der Waals surface area (Å²) in [5.41, 5.74) is 0.293. The van der Waals surface area contributed by atoms with Crippen molar-refractivity contribution in [1.29, 1.82) is 0 Å². The molecule has 2 heteroatoms. The van der Waals surface area contributed by atoms with Gasteiger partial charge < -0.3 is 10.1 Å². The van der Waals surface area contributed by atoms with Crippen LogP contribution >= 0.6 is 0 Å². The molecule has 1 heterocycles. The Morgan fingerprint density at radius 1 is 0.938 bits per heavy atom. The molecule has 96 valence electrons. The molecule has 0 saturated carbocycles. The maximum absolute atomic E-state index is 5.21. The molecule has 1 aliphatic heterocycles. The fourth-order valence-corrected chi connectivity index (χ4v) is 2.16. The Morgan fingerprint density at radius 3 is 2.00 bits per heavy atom. The third-order valence-electron chi connectivity index (χ3n) is 3.42. The lowest BCUT2D eigenvalue weighted by atomic mass is 10.0. The average molecular weight is 227 g/mol. The Morgan fingerprint density at radius 2 is 1.50 bits per heavy atom. The summed E-state index contributed by atoms with van der Waals surface area (Å²) in [6, 6.07) is 0. The van der Waals surface area contributed by atoms with Gasteiger partial charge in [-0.2, -0.15) is 0 Å². The largest absolute Gasteiger partial charge is 0.377 e. The number of nitrogens with one attached hydrogen (secondary N) is 1. The number of unbranched alkanes of at least 4 members (excludes halogenated alkanes) is 7. The zero-order valence-corrected chi connectivity index (χ0v) is 11.2. The van der Waals surface area contributed by atoms with Crippen LogP contribution in [0.4, 0.5) is 0 Å². The van der Waals surface area contributed by atoms with E-state index < -0.39 is 0 Å². The molecule has 0 aliphatic carbocycles. The SMILES string of the molecule is CCCCCCCCCCNC1(C)COC1. The zero-order valence-electron chi connectivity index (χ0n) is 11.2. The standard InChI is InChI=1S/C14H29NO/c1-3-4-5-6-7-8-9-10-11-15-14(2)12-16-13-14/h15H,3-13H2,1-2H3. The number of ether oxygens (including phenoxy) is 1. The first kappa shape index (κ1) is 14.0. The second kappa shape index (κ2) is 8.08. The summed E-state index contributed by atoms with van der Waals surface area (Å²) in [6.07, 6.45) is 11.2. The van der Waals surface area contributed by atoms with Crippen molar-refractivity contribution in [2.75, 3.05) is 19.8 Å². The highest BCUT2D eigenvalue weighted by molar-refractivity contribution is 4.89. The smallest absolute Gasteiger partial charge is 0.0669 e. The quantitative estimate of drug-likeness (QED) is 0.577. The van der Waals surface area contributed by atoms with Gasteiger partial charge in [0.2, 0.25) is 0 Å². The van der Waals surface area contributed by atoms with E-state index in [0.717, 1.165) is 19.8 Å². The molecule has 1 fully saturated rings. The van der Waals surface area contributed by atoms with E-state index >= 15 is 0 Å². The Labute approximate surface area is 101 Å². The van der Waals surface area contributed by atoms with Crippen molar-refractivity contribution >= 4 is 0 Å². The molecule has 0 bridgehead atoms. The Bertz CT molecular complexity index is 166. The third-order valence-corrected chi connectivity index (χ3v) is 3.42. The molecule has 0 radical (unpaired) electrons. The van der Waals surface area contributed by atoms with Crippen molar-refractivity contribution in [2.45, 2.75) is 70.8 Å². The fourth-order valence-electron chi connectivity index (χ4n) is 2.16. The van der Waals surface area contributed by atoms with Crippen LogP contribution in [0.15, 0.2) is 0 Å². The van der Waals surface area contributed by atoms with Crippen LogP contribution < -0.4 is 5.32 Å². The van der Waals surface area contributed by atoms with E-state index in [9.17, 15) is 0 Å². The molecule has 1 rings (SSSR count). The fraction of sp³-hybridized carbons (Fsp3) is 1.00. The first-order valence-electron chi connectivity index (χ1n) is 7.10. The van der Waals surface area contributed by atoms with E-state index in [1.54, 1.807) is 0 Å². The minimum Gasteiger partial charge on any atom is -0.377 e. The van der Waals surface area contributed by atoms with E-state index in [4.69, 9.17) is 4.74 Å². The lowest BCUT2D eigenvalue weighted by Crippen LogP contribution is -2.58. The minimum absolute atomic E-state index is 0.293. The van der Waals surface area contributed by atoms with E-state index in [1.165, 1.54) is 51.4 Å². The molecule has 0 unspecified atom stereocenters. The summed E-state index contributed by atoms with van der Waals surface area (Å²) < 4.78 is 5.21. The van der Waals surface area contributed by atoms with Gasteiger partial charge >= 0.3 is 0 Å². The van der Waals surface area contributed by atoms with Crippen molar-refractivity contribution in [3.8, 4) is 0 Å². The minimum atomic E-state index is 0.293. The highest BCUT2D eigenvalue weighted by Gasteiger charge is 2.31. The third kappa shape index (κ3) is 5.86. The Kier molecular flexibility index (Phi) is 7.06. The maximum atomic E-state index is 5.21. The molecule has 16 heavy (non-hydrogen) atoms. The molecule has 2 nitrogen and oxygen atoms in total. The molecule has 0 aromatic heterocycles. The highest BCUT2D eigenvalue weighted by atomic mass is 16.5. The van der Waals surface area contributed by atoms with Crippen molar-refractivity contribution in [2.24, 2.45) is 0 Å². The first-order valence-corrected chi connectivity index (χ1v) is 7.10. The monoisotopic (exact) mass is 227 g/mol. The van der Waals surface area contributed by atoms with E-state index in [-0.39, 0.29) is 0 Å². The summed E-state index contributed by atoms with van der Waals surface area (Å²) in [4.78, 5) is 0. The van der Waals surface area contributed by atoms with Gasteiger partial charge in [0, 0.05) is 0 Å². The van der Waals surface area contributed by atoms with Gasteiger partial charge in [0.05, 0.1) is 18.8 Å². The van der Waals surface area contributed by atoms with Crippen LogP contribution in [0.5, 0.6) is 0 Å². The molecule has 0 amide bonds. The lowest BCUT2D eigenvalue weighted by Gasteiger charge is -2.39. The number of rotatable bonds is 10. The molecule has 1 N–H and O–H groups in total. The van der Waals surface area contributed by atoms with E-state index in [1.807, 2.05) is 0 Å². The number of hydrogen-bond donors (Lipinski definition) is 1. The second-order valence-corrected chi connectivity index (χ2v) is 5.46. The summed E-state index contributed by atoms with van der Waals surface area (Å²) in [5.74, 6) is 0. The highest BCUT2D eigenvalue weighted by Crippen LogP contribution is 2.15. The molecule has 0 aromatic carbocycles. The van der Waals surface area contributed by atoms with E-state index in [0.29, 0.717) is 5.54 Å². The summed E-state index contributed by atoms with van der Waals surface area (Å²) in [5, 5.41) is 3.58. The summed E-state index contributed by atoms with van der Waals surface area (Å²) in [6.45, 7) is 7.47. The van der Waals surface area contributed by atoms with Crippen molar-refractivity contribution in [3.63, 3.8) is 0 Å². The average Bonchev–Trinajstić information content (AvgIpc) is 2.24. The Hall–Kier alpha value is -0.0800. The van der Waals surface area contributed by atoms with Gasteiger partial charge in [-0.05, 0) is 19.9 Å². The van der Waals surface area contributed by atoms with Gasteiger partial charge in [0.15, 0.2) is 0 Å². The van der Waals surface area contributed by atoms with Crippen LogP contribution in [0.3, 0.4) is 0 Å². The predicted molar refractivity (Wildman–Crippen MR) is 69.8 cm³/mol. The van der Waals surface area contributed by atoms with Crippen LogP contribution in [-0.4, -0.2) is 25.3 Å². The van der Waals surface area contributed by atoms with Gasteiger partial charge in [0.25, 0.3) is 0 Å². The Balaban J connectivity index is 1.74. The normalized spacial score (nSPS) is 18.4. The van der Waals surface area contributed by atoms with Crippen LogP contribution in [-0.2, 0) is 4.74 Å². The molecule has 1 saturated heterocycles. The van der Waals surface area contributed by atoms with Gasteiger partial charge in [0.1, 0.15) is 0 Å². The van der Waals surface area contributed by atoms with Crippen LogP contribution in [0, 0.1) is 0 Å². The molecule has 0 spiro atoms. The zero-order chi connectivity index (χ0) is 11.7. The van der Waals surface area contributed by atoms with Crippen molar-refractivity contribution < 1.29 is 4.74 Å². The van der Waals surface area contributed by atoms with Crippen LogP contribution in [0.25, 0.3) is 0 Å². The van der Waals surface area contributed by atoms with E-state index in [2.05, 4.69) is 19.2 Å². The number of hydrogen-bond acceptors (Lipinski definition) is 2. The maximum Gasteiger partial charge on any atom is 0.0669 e. The van der Waals surface area contributed by atoms with Gasteiger partial charge in [-0.15, -0.1) is 0 Å². The molecular formula is C14H29NO. The van der Waals surface area contributed by atoms with Crippen LogP contribution in [0.2, 0.25) is 0 Å². The van der Waals surface area contributed by atoms with Gasteiger partial charge in [-0.3, -0.25) is 0 Å². The predicted octanol–water partition coefficient (Wildman–Crippen LogP) is 3.51.